The van der Waals surface area contributed by atoms with E-state index in [9.17, 15) is 73.9 Å². The van der Waals surface area contributed by atoms with E-state index in [2.05, 4.69) is 9.50 Å². The van der Waals surface area contributed by atoms with Gasteiger partial charge in [0.15, 0.2) is 25.2 Å². The highest BCUT2D eigenvalue weighted by atomic mass is 32.3. The maximum atomic E-state index is 12.5. The third-order valence-electron chi connectivity index (χ3n) is 8.77. The van der Waals surface area contributed by atoms with E-state index in [0.717, 1.165) is 6.92 Å². The van der Waals surface area contributed by atoms with Crippen LogP contribution in [0.4, 0.5) is 0 Å². The van der Waals surface area contributed by atoms with Gasteiger partial charge in [0.05, 0.1) is 25.9 Å². The molecule has 4 fully saturated rings. The van der Waals surface area contributed by atoms with Crippen molar-refractivity contribution >= 4 is 16.3 Å². The van der Waals surface area contributed by atoms with E-state index < -0.39 is 159 Å². The minimum Gasteiger partial charge on any atom is -0.394 e. The van der Waals surface area contributed by atoms with Crippen LogP contribution < -0.4 is 5.32 Å². The Kier molecular flexibility index (Phi) is 14.4. The van der Waals surface area contributed by atoms with Crippen LogP contribution in [0.5, 0.6) is 0 Å². The normalized spacial score (nSPS) is 48.3. The van der Waals surface area contributed by atoms with Crippen LogP contribution in [-0.2, 0) is 52.5 Å². The van der Waals surface area contributed by atoms with E-state index in [0.29, 0.717) is 0 Å². The molecule has 298 valence electrons. The van der Waals surface area contributed by atoms with Crippen LogP contribution >= 0.6 is 0 Å². The molecule has 4 saturated heterocycles. The Balaban J connectivity index is 1.76. The molecule has 1 amide bonds. The van der Waals surface area contributed by atoms with E-state index in [4.69, 9.17) is 33.2 Å². The number of nitrogens with one attached hydrogen (secondary N) is 1. The van der Waals surface area contributed by atoms with Crippen molar-refractivity contribution in [2.24, 2.45) is 0 Å². The third-order valence-corrected chi connectivity index (χ3v) is 9.24. The Morgan fingerprint density at radius 2 is 1.12 bits per heavy atom. The summed E-state index contributed by atoms with van der Waals surface area (Å²) in [5.74, 6) is -0.832. The van der Waals surface area contributed by atoms with Gasteiger partial charge in [-0.1, -0.05) is 0 Å². The van der Waals surface area contributed by atoms with Gasteiger partial charge in [0, 0.05) is 6.92 Å². The quantitative estimate of drug-likeness (QED) is 0.0819. The van der Waals surface area contributed by atoms with Crippen LogP contribution in [-0.4, -0.2) is 218 Å². The lowest BCUT2D eigenvalue weighted by Gasteiger charge is -2.51. The molecule has 24 nitrogen and oxygen atoms in total. The van der Waals surface area contributed by atoms with Crippen LogP contribution in [0.25, 0.3) is 0 Å². The van der Waals surface area contributed by atoms with Gasteiger partial charge in [-0.3, -0.25) is 9.35 Å². The lowest BCUT2D eigenvalue weighted by molar-refractivity contribution is -0.384. The molecular weight excluding hydrogens is 726 g/mol. The lowest BCUT2D eigenvalue weighted by atomic mass is 9.93. The van der Waals surface area contributed by atoms with Crippen molar-refractivity contribution in [1.29, 1.82) is 0 Å². The molecule has 0 aromatic heterocycles. The second kappa shape index (κ2) is 17.4. The molecule has 13 N–H and O–H groups in total. The summed E-state index contributed by atoms with van der Waals surface area (Å²) in [6.45, 7) is -0.599. The topological polar surface area (TPSA) is 380 Å². The second-order valence-electron chi connectivity index (χ2n) is 12.4. The Bertz CT molecular complexity index is 1250. The smallest absolute Gasteiger partial charge is 0.394 e. The number of hydrogen-bond acceptors (Lipinski definition) is 22. The van der Waals surface area contributed by atoms with Crippen molar-refractivity contribution in [1.82, 2.24) is 5.32 Å². The molecule has 4 heterocycles. The van der Waals surface area contributed by atoms with Crippen molar-refractivity contribution < 1.29 is 111 Å². The van der Waals surface area contributed by atoms with Crippen molar-refractivity contribution in [3.8, 4) is 0 Å². The summed E-state index contributed by atoms with van der Waals surface area (Å²) in [5, 5.41) is 117. The number of rotatable bonds is 12. The van der Waals surface area contributed by atoms with E-state index in [1.807, 2.05) is 0 Å². The Morgan fingerprint density at radius 1 is 0.608 bits per heavy atom. The van der Waals surface area contributed by atoms with Gasteiger partial charge in [0.2, 0.25) is 5.91 Å². The van der Waals surface area contributed by atoms with Gasteiger partial charge < -0.3 is 94.6 Å². The minimum atomic E-state index is -5.34. The van der Waals surface area contributed by atoms with Gasteiger partial charge >= 0.3 is 10.4 Å². The van der Waals surface area contributed by atoms with Gasteiger partial charge in [0.25, 0.3) is 0 Å². The average molecular weight is 772 g/mol. The zero-order valence-electron chi connectivity index (χ0n) is 26.9. The summed E-state index contributed by atoms with van der Waals surface area (Å²) in [6.07, 6.45) is -35.5. The van der Waals surface area contributed by atoms with Crippen LogP contribution in [0.1, 0.15) is 13.8 Å². The molecule has 4 rings (SSSR count). The molecule has 0 aliphatic carbocycles. The first-order valence-corrected chi connectivity index (χ1v) is 17.0. The van der Waals surface area contributed by atoms with Gasteiger partial charge in [-0.2, -0.15) is 8.42 Å². The number of carbonyl (C=O) groups is 1. The molecule has 0 aromatic rings. The van der Waals surface area contributed by atoms with Crippen molar-refractivity contribution in [2.75, 3.05) is 19.8 Å². The second-order valence-corrected chi connectivity index (χ2v) is 13.4. The fourth-order valence-electron chi connectivity index (χ4n) is 6.12. The number of hydrogen-bond donors (Lipinski definition) is 13. The first-order chi connectivity index (χ1) is 23.8. The number of aliphatic hydroxyl groups excluding tert-OH is 11. The average Bonchev–Trinajstić information content (AvgIpc) is 3.06. The molecule has 0 bridgehead atoms. The predicted octanol–water partition coefficient (Wildman–Crippen LogP) is -8.75. The molecule has 0 radical (unpaired) electrons. The summed E-state index contributed by atoms with van der Waals surface area (Å²) in [4.78, 5) is 12.5. The molecule has 0 aromatic carbocycles. The molecular formula is C26H45NO23S. The minimum absolute atomic E-state index is 0.832. The highest BCUT2D eigenvalue weighted by molar-refractivity contribution is 7.80. The van der Waals surface area contributed by atoms with Crippen LogP contribution in [0.2, 0.25) is 0 Å². The Labute approximate surface area is 289 Å². The standard InChI is InChI=1S/C26H45NO23S/c1-6-12(32)15(35)16(36)25(43-6)48-20-11(27-7(2)31)24(49-21-13(33)8(3-28)44-23(39)17(21)37)46-10(5-30)19(20)47-26-18(38)22(50-51(40,41)42)14(34)9(4-29)45-26/h6,8-26,28-30,32-39H,3-5H2,1-2H3,(H,27,31)(H,40,41,42)/t6-,8+,9+,10+,11+,12+,13-,14-,15+,16-,17+,18+,19+,20+,21-,22-,23+,24-,25-,26-/m0/s1. The summed E-state index contributed by atoms with van der Waals surface area (Å²) < 4.78 is 76.0. The SMILES string of the molecule is CC(=O)N[C@H]1[C@H](O[C@@H]2[C@@H](O)[C@H](O)O[C@H](CO)[C@@H]2O)O[C@H](CO)[C@@H](O[C@@H]2O[C@H](CO)[C@H](O)[C@H](OS(=O)(=O)O)[C@H]2O)[C@@H]1O[C@@H]1O[C@@H](C)[C@@H](O)[C@@H](O)[C@@H]1O. The number of carbonyl (C=O) groups excluding carboxylic acids is 1. The van der Waals surface area contributed by atoms with Crippen molar-refractivity contribution in [3.63, 3.8) is 0 Å². The van der Waals surface area contributed by atoms with Crippen molar-refractivity contribution in [3.05, 3.63) is 0 Å². The Morgan fingerprint density at radius 3 is 1.69 bits per heavy atom. The molecule has 0 spiro atoms. The van der Waals surface area contributed by atoms with E-state index in [1.165, 1.54) is 6.92 Å². The van der Waals surface area contributed by atoms with Crippen molar-refractivity contribution in [2.45, 2.75) is 137 Å². The van der Waals surface area contributed by atoms with E-state index in [-0.39, 0.29) is 0 Å². The summed E-state index contributed by atoms with van der Waals surface area (Å²) >= 11 is 0. The largest absolute Gasteiger partial charge is 0.397 e. The zero-order valence-corrected chi connectivity index (χ0v) is 27.8. The first kappa shape index (κ1) is 42.4. The van der Waals surface area contributed by atoms with Gasteiger partial charge in [-0.15, -0.1) is 0 Å². The molecule has 0 saturated carbocycles. The number of ether oxygens (including phenoxy) is 7. The fourth-order valence-corrected chi connectivity index (χ4v) is 6.63. The maximum Gasteiger partial charge on any atom is 0.397 e. The molecule has 0 unspecified atom stereocenters. The summed E-state index contributed by atoms with van der Waals surface area (Å²) in [7, 11) is -5.34. The van der Waals surface area contributed by atoms with Crippen LogP contribution in [0.3, 0.4) is 0 Å². The summed E-state index contributed by atoms with van der Waals surface area (Å²) in [5.41, 5.74) is 0. The highest BCUT2D eigenvalue weighted by Crippen LogP contribution is 2.36. The fraction of sp³-hybridized carbons (Fsp3) is 0.962. The number of amides is 1. The molecule has 20 atom stereocenters. The van der Waals surface area contributed by atoms with Gasteiger partial charge in [-0.25, -0.2) is 4.18 Å². The Hall–Kier alpha value is -1.38. The molecule has 4 aliphatic rings. The lowest BCUT2D eigenvalue weighted by Crippen LogP contribution is -2.71. The zero-order chi connectivity index (χ0) is 38.1. The van der Waals surface area contributed by atoms with Gasteiger partial charge in [-0.05, 0) is 6.92 Å². The monoisotopic (exact) mass is 771 g/mol. The number of aliphatic hydroxyl groups is 11. The molecule has 25 heteroatoms. The van der Waals surface area contributed by atoms with E-state index >= 15 is 0 Å². The van der Waals surface area contributed by atoms with Gasteiger partial charge in [0.1, 0.15) is 91.5 Å². The highest BCUT2D eigenvalue weighted by Gasteiger charge is 2.57. The van der Waals surface area contributed by atoms with Crippen LogP contribution in [0.15, 0.2) is 0 Å². The van der Waals surface area contributed by atoms with E-state index in [1.54, 1.807) is 0 Å². The maximum absolute atomic E-state index is 12.5. The summed E-state index contributed by atoms with van der Waals surface area (Å²) in [6, 6.07) is -1.72. The predicted molar refractivity (Wildman–Crippen MR) is 154 cm³/mol. The molecule has 4 aliphatic heterocycles. The van der Waals surface area contributed by atoms with Crippen LogP contribution in [0, 0.1) is 0 Å². The molecule has 51 heavy (non-hydrogen) atoms. The third kappa shape index (κ3) is 9.47. The first-order valence-electron chi connectivity index (χ1n) is 15.6.